The minimum absolute atomic E-state index is 0.0315. The van der Waals surface area contributed by atoms with Gasteiger partial charge in [-0.25, -0.2) is 0 Å². The number of aliphatic hydroxyl groups is 1. The highest BCUT2D eigenvalue weighted by atomic mass is 32.1. The van der Waals surface area contributed by atoms with E-state index in [2.05, 4.69) is 5.32 Å². The van der Waals surface area contributed by atoms with Crippen molar-refractivity contribution in [2.75, 3.05) is 6.61 Å². The fraction of sp³-hybridized carbons (Fsp3) is 0.417. The van der Waals surface area contributed by atoms with Crippen LogP contribution in [0.2, 0.25) is 0 Å². The Morgan fingerprint density at radius 3 is 2.88 bits per heavy atom. The fourth-order valence-electron chi connectivity index (χ4n) is 1.20. The van der Waals surface area contributed by atoms with Crippen molar-refractivity contribution < 1.29 is 9.90 Å². The summed E-state index contributed by atoms with van der Waals surface area (Å²) in [5.41, 5.74) is 0. The standard InChI is InChI=1S/C12H17NO2S/c1-9(2)11(8-14)13-12(15)6-5-10-4-3-7-16-10/h3-7,9,11,14H,8H2,1-2H3,(H,13,15)/t11-/m1/s1. The van der Waals surface area contributed by atoms with Crippen molar-refractivity contribution in [3.63, 3.8) is 0 Å². The van der Waals surface area contributed by atoms with Crippen molar-refractivity contribution in [2.24, 2.45) is 5.92 Å². The second kappa shape index (κ2) is 6.45. The summed E-state index contributed by atoms with van der Waals surface area (Å²) in [6, 6.07) is 3.70. The quantitative estimate of drug-likeness (QED) is 0.771. The van der Waals surface area contributed by atoms with E-state index in [0.29, 0.717) is 0 Å². The van der Waals surface area contributed by atoms with Crippen LogP contribution in [-0.4, -0.2) is 23.7 Å². The molecular weight excluding hydrogens is 222 g/mol. The van der Waals surface area contributed by atoms with Crippen molar-refractivity contribution in [1.82, 2.24) is 5.32 Å². The largest absolute Gasteiger partial charge is 0.394 e. The lowest BCUT2D eigenvalue weighted by Crippen LogP contribution is -2.40. The van der Waals surface area contributed by atoms with Crippen LogP contribution < -0.4 is 5.32 Å². The minimum Gasteiger partial charge on any atom is -0.394 e. The highest BCUT2D eigenvalue weighted by Gasteiger charge is 2.12. The molecule has 4 heteroatoms. The molecule has 0 bridgehead atoms. The summed E-state index contributed by atoms with van der Waals surface area (Å²) >= 11 is 1.58. The van der Waals surface area contributed by atoms with Crippen LogP contribution in [0.4, 0.5) is 0 Å². The average molecular weight is 239 g/mol. The van der Waals surface area contributed by atoms with E-state index in [4.69, 9.17) is 5.11 Å². The Hall–Kier alpha value is -1.13. The molecule has 0 aliphatic rings. The van der Waals surface area contributed by atoms with Gasteiger partial charge in [-0.2, -0.15) is 0 Å². The molecule has 0 saturated heterocycles. The first-order chi connectivity index (χ1) is 7.63. The maximum Gasteiger partial charge on any atom is 0.244 e. The van der Waals surface area contributed by atoms with Crippen molar-refractivity contribution in [2.45, 2.75) is 19.9 Å². The monoisotopic (exact) mass is 239 g/mol. The Morgan fingerprint density at radius 1 is 1.62 bits per heavy atom. The molecule has 1 heterocycles. The number of carbonyl (C=O) groups is 1. The third-order valence-electron chi connectivity index (χ3n) is 2.27. The molecule has 0 fully saturated rings. The molecule has 0 aliphatic heterocycles. The zero-order chi connectivity index (χ0) is 12.0. The molecule has 1 aromatic heterocycles. The summed E-state index contributed by atoms with van der Waals surface area (Å²) in [7, 11) is 0. The van der Waals surface area contributed by atoms with E-state index in [-0.39, 0.29) is 24.5 Å². The number of hydrogen-bond acceptors (Lipinski definition) is 3. The molecule has 1 amide bonds. The molecule has 2 N–H and O–H groups in total. The SMILES string of the molecule is CC(C)[C@@H](CO)NC(=O)C=Cc1cccs1. The Bertz CT molecular complexity index is 344. The van der Waals surface area contributed by atoms with Gasteiger partial charge in [-0.1, -0.05) is 19.9 Å². The summed E-state index contributed by atoms with van der Waals surface area (Å²) in [6.07, 6.45) is 3.27. The molecule has 0 radical (unpaired) electrons. The van der Waals surface area contributed by atoms with E-state index in [1.54, 1.807) is 17.4 Å². The van der Waals surface area contributed by atoms with Crippen LogP contribution in [0, 0.1) is 5.92 Å². The van der Waals surface area contributed by atoms with Gasteiger partial charge in [-0.05, 0) is 23.4 Å². The van der Waals surface area contributed by atoms with Gasteiger partial charge in [0.2, 0.25) is 5.91 Å². The van der Waals surface area contributed by atoms with Crippen molar-refractivity contribution in [3.05, 3.63) is 28.5 Å². The maximum absolute atomic E-state index is 11.5. The Labute approximate surface area is 99.8 Å². The Morgan fingerprint density at radius 2 is 2.38 bits per heavy atom. The van der Waals surface area contributed by atoms with E-state index in [1.165, 1.54) is 6.08 Å². The summed E-state index contributed by atoms with van der Waals surface area (Å²) in [6.45, 7) is 3.89. The molecule has 1 aromatic rings. The highest BCUT2D eigenvalue weighted by Crippen LogP contribution is 2.10. The van der Waals surface area contributed by atoms with Gasteiger partial charge in [0.15, 0.2) is 0 Å². The first-order valence-electron chi connectivity index (χ1n) is 5.26. The van der Waals surface area contributed by atoms with Crippen LogP contribution in [0.15, 0.2) is 23.6 Å². The summed E-state index contributed by atoms with van der Waals surface area (Å²) in [5.74, 6) is 0.0604. The molecule has 1 atom stereocenters. The normalized spacial score (nSPS) is 13.2. The van der Waals surface area contributed by atoms with E-state index in [0.717, 1.165) is 4.88 Å². The zero-order valence-electron chi connectivity index (χ0n) is 9.51. The number of amides is 1. The van der Waals surface area contributed by atoms with Crippen molar-refractivity contribution >= 4 is 23.3 Å². The van der Waals surface area contributed by atoms with E-state index >= 15 is 0 Å². The van der Waals surface area contributed by atoms with E-state index < -0.39 is 0 Å². The Kier molecular flexibility index (Phi) is 5.22. The number of thiophene rings is 1. The van der Waals surface area contributed by atoms with Crippen LogP contribution in [0.1, 0.15) is 18.7 Å². The molecule has 1 rings (SSSR count). The molecule has 16 heavy (non-hydrogen) atoms. The van der Waals surface area contributed by atoms with E-state index in [9.17, 15) is 4.79 Å². The smallest absolute Gasteiger partial charge is 0.244 e. The van der Waals surface area contributed by atoms with Gasteiger partial charge in [-0.15, -0.1) is 11.3 Å². The predicted molar refractivity (Wildman–Crippen MR) is 67.2 cm³/mol. The molecule has 3 nitrogen and oxygen atoms in total. The lowest BCUT2D eigenvalue weighted by atomic mass is 10.1. The lowest BCUT2D eigenvalue weighted by molar-refractivity contribution is -0.117. The third-order valence-corrected chi connectivity index (χ3v) is 3.11. The van der Waals surface area contributed by atoms with Gasteiger partial charge < -0.3 is 10.4 Å². The summed E-state index contributed by atoms with van der Waals surface area (Å²) in [5, 5.41) is 13.8. The van der Waals surface area contributed by atoms with Crippen LogP contribution in [0.25, 0.3) is 6.08 Å². The van der Waals surface area contributed by atoms with Gasteiger partial charge in [-0.3, -0.25) is 4.79 Å². The molecule has 0 aromatic carbocycles. The summed E-state index contributed by atoms with van der Waals surface area (Å²) in [4.78, 5) is 12.5. The third kappa shape index (κ3) is 4.16. The van der Waals surface area contributed by atoms with Crippen LogP contribution in [0.3, 0.4) is 0 Å². The lowest BCUT2D eigenvalue weighted by Gasteiger charge is -2.18. The van der Waals surface area contributed by atoms with Gasteiger partial charge in [0.1, 0.15) is 0 Å². The topological polar surface area (TPSA) is 49.3 Å². The van der Waals surface area contributed by atoms with Crippen LogP contribution in [0.5, 0.6) is 0 Å². The molecule has 0 aliphatic carbocycles. The van der Waals surface area contributed by atoms with Gasteiger partial charge in [0, 0.05) is 11.0 Å². The van der Waals surface area contributed by atoms with Crippen LogP contribution in [-0.2, 0) is 4.79 Å². The molecule has 0 saturated carbocycles. The van der Waals surface area contributed by atoms with Gasteiger partial charge in [0.05, 0.1) is 12.6 Å². The van der Waals surface area contributed by atoms with E-state index in [1.807, 2.05) is 31.4 Å². The average Bonchev–Trinajstić information content (AvgIpc) is 2.75. The van der Waals surface area contributed by atoms with Gasteiger partial charge in [0.25, 0.3) is 0 Å². The fourth-order valence-corrected chi connectivity index (χ4v) is 1.82. The number of nitrogens with one attached hydrogen (secondary N) is 1. The molecular formula is C12H17NO2S. The molecule has 0 unspecified atom stereocenters. The number of aliphatic hydroxyl groups excluding tert-OH is 1. The van der Waals surface area contributed by atoms with Gasteiger partial charge >= 0.3 is 0 Å². The Balaban J connectivity index is 2.47. The minimum atomic E-state index is -0.180. The van der Waals surface area contributed by atoms with Crippen molar-refractivity contribution in [1.29, 1.82) is 0 Å². The second-order valence-corrected chi connectivity index (χ2v) is 4.87. The zero-order valence-corrected chi connectivity index (χ0v) is 10.3. The molecule has 88 valence electrons. The molecule has 0 spiro atoms. The number of hydrogen-bond donors (Lipinski definition) is 2. The van der Waals surface area contributed by atoms with Crippen molar-refractivity contribution in [3.8, 4) is 0 Å². The number of carbonyl (C=O) groups excluding carboxylic acids is 1. The highest BCUT2D eigenvalue weighted by molar-refractivity contribution is 7.10. The maximum atomic E-state index is 11.5. The number of rotatable bonds is 5. The second-order valence-electron chi connectivity index (χ2n) is 3.89. The summed E-state index contributed by atoms with van der Waals surface area (Å²) < 4.78 is 0. The van der Waals surface area contributed by atoms with Crippen LogP contribution >= 0.6 is 11.3 Å². The first-order valence-corrected chi connectivity index (χ1v) is 6.14. The predicted octanol–water partition coefficient (Wildman–Crippen LogP) is 1.89. The first kappa shape index (κ1) is 12.9.